The Balaban J connectivity index is 1.59. The van der Waals surface area contributed by atoms with Crippen LogP contribution in [0.4, 0.5) is 5.82 Å². The summed E-state index contributed by atoms with van der Waals surface area (Å²) in [6.45, 7) is 0.319. The van der Waals surface area contributed by atoms with Crippen LogP contribution in [0.2, 0.25) is 0 Å². The van der Waals surface area contributed by atoms with E-state index in [0.29, 0.717) is 17.3 Å². The summed E-state index contributed by atoms with van der Waals surface area (Å²) >= 11 is 3.40. The molecule has 0 saturated carbocycles. The molecule has 126 valence electrons. The lowest BCUT2D eigenvalue weighted by atomic mass is 10.3. The van der Waals surface area contributed by atoms with Gasteiger partial charge in [-0.25, -0.2) is 0 Å². The zero-order valence-electron chi connectivity index (χ0n) is 13.0. The van der Waals surface area contributed by atoms with E-state index in [1.165, 1.54) is 4.68 Å². The Bertz CT molecular complexity index is 926. The van der Waals surface area contributed by atoms with E-state index in [1.54, 1.807) is 24.4 Å². The summed E-state index contributed by atoms with van der Waals surface area (Å²) in [6.07, 6.45) is 1.61. The van der Waals surface area contributed by atoms with Crippen LogP contribution in [0.25, 0.3) is 0 Å². The predicted molar refractivity (Wildman–Crippen MR) is 93.0 cm³/mol. The van der Waals surface area contributed by atoms with Gasteiger partial charge in [0.1, 0.15) is 24.7 Å². The molecule has 0 aliphatic carbocycles. The van der Waals surface area contributed by atoms with E-state index in [4.69, 9.17) is 14.4 Å². The van der Waals surface area contributed by atoms with Crippen molar-refractivity contribution in [2.24, 2.45) is 0 Å². The molecule has 1 amide bonds. The summed E-state index contributed by atoms with van der Waals surface area (Å²) in [4.78, 5) is 12.2. The summed E-state index contributed by atoms with van der Waals surface area (Å²) in [5.74, 6) is 1.29. The highest BCUT2D eigenvalue weighted by Crippen LogP contribution is 2.25. The minimum absolute atomic E-state index is 0.118. The molecule has 0 aliphatic heterocycles. The van der Waals surface area contributed by atoms with Gasteiger partial charge in [0, 0.05) is 12.3 Å². The number of anilines is 1. The molecule has 2 aromatic heterocycles. The van der Waals surface area contributed by atoms with Crippen molar-refractivity contribution in [3.8, 4) is 11.8 Å². The number of carbonyl (C=O) groups is 1. The molecule has 2 heterocycles. The summed E-state index contributed by atoms with van der Waals surface area (Å²) in [5.41, 5.74) is 0. The van der Waals surface area contributed by atoms with Crippen molar-refractivity contribution in [3.05, 3.63) is 64.7 Å². The van der Waals surface area contributed by atoms with Crippen LogP contribution in [0, 0.1) is 11.3 Å². The first-order chi connectivity index (χ1) is 12.2. The Morgan fingerprint density at radius 3 is 2.96 bits per heavy atom. The van der Waals surface area contributed by atoms with Crippen LogP contribution < -0.4 is 10.1 Å². The fourth-order valence-corrected chi connectivity index (χ4v) is 2.45. The summed E-state index contributed by atoms with van der Waals surface area (Å²) in [7, 11) is 0. The fourth-order valence-electron chi connectivity index (χ4n) is 2.05. The lowest BCUT2D eigenvalue weighted by Gasteiger charge is -2.05. The van der Waals surface area contributed by atoms with Gasteiger partial charge < -0.3 is 14.5 Å². The minimum atomic E-state index is -0.422. The Morgan fingerprint density at radius 2 is 2.16 bits per heavy atom. The van der Waals surface area contributed by atoms with Crippen LogP contribution in [0.5, 0.6) is 5.75 Å². The summed E-state index contributed by atoms with van der Waals surface area (Å²) in [5, 5.41) is 15.3. The second-order valence-electron chi connectivity index (χ2n) is 5.00. The van der Waals surface area contributed by atoms with E-state index in [0.717, 1.165) is 4.47 Å². The van der Waals surface area contributed by atoms with Crippen LogP contribution in [-0.4, -0.2) is 15.7 Å². The van der Waals surface area contributed by atoms with Crippen LogP contribution in [0.15, 0.2) is 57.6 Å². The molecule has 0 saturated heterocycles. The number of aromatic nitrogens is 2. The zero-order valence-corrected chi connectivity index (χ0v) is 14.6. The third-order valence-corrected chi connectivity index (χ3v) is 3.86. The van der Waals surface area contributed by atoms with E-state index in [1.807, 2.05) is 30.3 Å². The Kier molecular flexibility index (Phi) is 5.16. The number of carbonyl (C=O) groups excluding carboxylic acids is 1. The first kappa shape index (κ1) is 16.8. The highest BCUT2D eigenvalue weighted by molar-refractivity contribution is 9.10. The quantitative estimate of drug-likeness (QED) is 0.682. The van der Waals surface area contributed by atoms with Crippen molar-refractivity contribution in [2.75, 3.05) is 5.32 Å². The van der Waals surface area contributed by atoms with Crippen molar-refractivity contribution in [1.29, 1.82) is 5.26 Å². The van der Waals surface area contributed by atoms with Gasteiger partial charge in [-0.3, -0.25) is 9.48 Å². The number of hydrogen-bond donors (Lipinski definition) is 1. The molecule has 8 heteroatoms. The van der Waals surface area contributed by atoms with Gasteiger partial charge in [0.05, 0.1) is 10.5 Å². The molecule has 0 aliphatic rings. The molecule has 0 fully saturated rings. The molecule has 3 rings (SSSR count). The summed E-state index contributed by atoms with van der Waals surface area (Å²) < 4.78 is 13.4. The van der Waals surface area contributed by atoms with Crippen LogP contribution >= 0.6 is 15.9 Å². The van der Waals surface area contributed by atoms with Gasteiger partial charge in [-0.05, 0) is 40.2 Å². The third kappa shape index (κ3) is 4.28. The number of benzene rings is 1. The topological polar surface area (TPSA) is 93.1 Å². The van der Waals surface area contributed by atoms with Gasteiger partial charge in [-0.15, -0.1) is 0 Å². The number of hydrogen-bond acceptors (Lipinski definition) is 5. The van der Waals surface area contributed by atoms with E-state index in [-0.39, 0.29) is 18.9 Å². The molecule has 0 bridgehead atoms. The summed E-state index contributed by atoms with van der Waals surface area (Å²) in [6, 6.07) is 14.3. The van der Waals surface area contributed by atoms with Crippen molar-refractivity contribution < 1.29 is 13.9 Å². The molecular formula is C17H13BrN4O3. The number of nitrogens with one attached hydrogen (secondary N) is 1. The Morgan fingerprint density at radius 1 is 1.32 bits per heavy atom. The van der Waals surface area contributed by atoms with Crippen LogP contribution in [-0.2, 0) is 13.2 Å². The van der Waals surface area contributed by atoms with Crippen LogP contribution in [0.1, 0.15) is 16.3 Å². The number of furan rings is 1. The first-order valence-electron chi connectivity index (χ1n) is 7.33. The largest absolute Gasteiger partial charge is 0.484 e. The van der Waals surface area contributed by atoms with Crippen molar-refractivity contribution in [3.63, 3.8) is 0 Å². The number of rotatable bonds is 6. The number of para-hydroxylation sites is 1. The molecule has 25 heavy (non-hydrogen) atoms. The molecule has 0 unspecified atom stereocenters. The van der Waals surface area contributed by atoms with Gasteiger partial charge >= 0.3 is 0 Å². The van der Waals surface area contributed by atoms with E-state index in [2.05, 4.69) is 26.3 Å². The Hall–Kier alpha value is -3.05. The molecular weight excluding hydrogens is 388 g/mol. The van der Waals surface area contributed by atoms with Crippen molar-refractivity contribution in [1.82, 2.24) is 9.78 Å². The van der Waals surface area contributed by atoms with E-state index < -0.39 is 5.91 Å². The second kappa shape index (κ2) is 7.68. The van der Waals surface area contributed by atoms with Gasteiger partial charge in [0.25, 0.3) is 5.91 Å². The number of nitriles is 1. The average molecular weight is 401 g/mol. The smallest absolute Gasteiger partial charge is 0.292 e. The normalized spacial score (nSPS) is 10.2. The molecule has 3 aromatic rings. The monoisotopic (exact) mass is 400 g/mol. The molecule has 7 nitrogen and oxygen atoms in total. The maximum Gasteiger partial charge on any atom is 0.292 e. The second-order valence-corrected chi connectivity index (χ2v) is 5.85. The highest BCUT2D eigenvalue weighted by atomic mass is 79.9. The van der Waals surface area contributed by atoms with Crippen molar-refractivity contribution in [2.45, 2.75) is 13.2 Å². The number of ether oxygens (including phenoxy) is 1. The Labute approximate surface area is 151 Å². The molecule has 0 spiro atoms. The van der Waals surface area contributed by atoms with E-state index >= 15 is 0 Å². The molecule has 1 aromatic carbocycles. The first-order valence-corrected chi connectivity index (χ1v) is 8.13. The molecule has 1 N–H and O–H groups in total. The van der Waals surface area contributed by atoms with Crippen LogP contribution in [0.3, 0.4) is 0 Å². The maximum atomic E-state index is 12.2. The van der Waals surface area contributed by atoms with E-state index in [9.17, 15) is 4.79 Å². The predicted octanol–water partition coefficient (Wildman–Crippen LogP) is 3.59. The number of halogens is 1. The van der Waals surface area contributed by atoms with Gasteiger partial charge in [0.2, 0.25) is 0 Å². The maximum absolute atomic E-state index is 12.2. The van der Waals surface area contributed by atoms with Crippen molar-refractivity contribution >= 4 is 27.7 Å². The number of amides is 1. The standard InChI is InChI=1S/C17H13BrN4O3/c18-13-3-1-2-4-14(13)24-11-12-5-6-15(25-12)17(23)20-16-7-9-22(21-16)10-8-19/h1-7,9H,10-11H2,(H,20,21,23). The zero-order chi connectivity index (χ0) is 17.6. The minimum Gasteiger partial charge on any atom is -0.484 e. The van der Waals surface area contributed by atoms with Gasteiger partial charge in [-0.2, -0.15) is 10.4 Å². The van der Waals surface area contributed by atoms with Gasteiger partial charge in [0.15, 0.2) is 11.6 Å². The lowest BCUT2D eigenvalue weighted by molar-refractivity contribution is 0.0992. The third-order valence-electron chi connectivity index (χ3n) is 3.21. The number of nitrogens with zero attached hydrogens (tertiary/aromatic N) is 3. The SMILES string of the molecule is N#CCn1ccc(NC(=O)c2ccc(COc3ccccc3Br)o2)n1. The average Bonchev–Trinajstić information content (AvgIpc) is 3.24. The highest BCUT2D eigenvalue weighted by Gasteiger charge is 2.13. The van der Waals surface area contributed by atoms with Gasteiger partial charge in [-0.1, -0.05) is 12.1 Å². The lowest BCUT2D eigenvalue weighted by Crippen LogP contribution is -2.11. The molecule has 0 atom stereocenters. The fraction of sp³-hybridized carbons (Fsp3) is 0.118. The molecule has 0 radical (unpaired) electrons.